The van der Waals surface area contributed by atoms with Gasteiger partial charge >= 0.3 is 0 Å². The minimum Gasteiger partial charge on any atom is -0.496 e. The van der Waals surface area contributed by atoms with Crippen molar-refractivity contribution in [2.24, 2.45) is 5.84 Å². The Morgan fingerprint density at radius 3 is 2.95 bits per heavy atom. The van der Waals surface area contributed by atoms with Gasteiger partial charge in [-0.15, -0.1) is 11.3 Å². The summed E-state index contributed by atoms with van der Waals surface area (Å²) in [4.78, 5) is 2.81. The second kappa shape index (κ2) is 6.36. The number of rotatable bonds is 5. The van der Waals surface area contributed by atoms with Gasteiger partial charge < -0.3 is 4.74 Å². The van der Waals surface area contributed by atoms with Crippen molar-refractivity contribution in [3.05, 3.63) is 50.2 Å². The van der Waals surface area contributed by atoms with Crippen LogP contribution >= 0.6 is 22.9 Å². The number of methoxy groups -OCH3 is 1. The zero-order valence-electron chi connectivity index (χ0n) is 12.0. The van der Waals surface area contributed by atoms with Crippen LogP contribution in [0.5, 0.6) is 5.75 Å². The Balaban J connectivity index is 1.85. The maximum absolute atomic E-state index is 6.10. The number of fused-ring (bicyclic) bond motifs is 1. The van der Waals surface area contributed by atoms with Crippen LogP contribution in [0.3, 0.4) is 0 Å². The van der Waals surface area contributed by atoms with E-state index in [1.165, 1.54) is 34.6 Å². The summed E-state index contributed by atoms with van der Waals surface area (Å²) in [7, 11) is 1.68. The zero-order valence-corrected chi connectivity index (χ0v) is 13.6. The van der Waals surface area contributed by atoms with Gasteiger partial charge in [-0.05, 0) is 61.1 Å². The van der Waals surface area contributed by atoms with Crippen LogP contribution < -0.4 is 16.0 Å². The molecule has 1 atom stereocenters. The molecule has 0 fully saturated rings. The lowest BCUT2D eigenvalue weighted by molar-refractivity contribution is 0.406. The minimum absolute atomic E-state index is 0.0907. The molecule has 0 bridgehead atoms. The van der Waals surface area contributed by atoms with Gasteiger partial charge in [0.05, 0.1) is 13.2 Å². The van der Waals surface area contributed by atoms with Crippen molar-refractivity contribution in [2.75, 3.05) is 7.11 Å². The Bertz CT molecular complexity index is 620. The number of thiophene rings is 1. The van der Waals surface area contributed by atoms with Gasteiger partial charge in [0.1, 0.15) is 5.75 Å². The maximum atomic E-state index is 6.10. The van der Waals surface area contributed by atoms with Crippen molar-refractivity contribution in [1.82, 2.24) is 5.43 Å². The van der Waals surface area contributed by atoms with E-state index in [4.69, 9.17) is 22.2 Å². The second-order valence-corrected chi connectivity index (χ2v) is 6.94. The fraction of sp³-hybridized carbons (Fsp3) is 0.375. The smallest absolute Gasteiger partial charge is 0.122 e. The molecule has 0 spiro atoms. The molecule has 112 valence electrons. The van der Waals surface area contributed by atoms with Crippen LogP contribution in [-0.2, 0) is 19.3 Å². The van der Waals surface area contributed by atoms with Gasteiger partial charge in [-0.3, -0.25) is 11.3 Å². The fourth-order valence-corrected chi connectivity index (χ4v) is 4.40. The topological polar surface area (TPSA) is 47.3 Å². The molecule has 1 aliphatic carbocycles. The van der Waals surface area contributed by atoms with Crippen LogP contribution in [0.15, 0.2) is 24.3 Å². The third kappa shape index (κ3) is 3.09. The van der Waals surface area contributed by atoms with Crippen LogP contribution in [-0.4, -0.2) is 7.11 Å². The number of aryl methyl sites for hydroxylation is 2. The van der Waals surface area contributed by atoms with E-state index in [0.717, 1.165) is 22.8 Å². The highest BCUT2D eigenvalue weighted by Gasteiger charge is 2.21. The van der Waals surface area contributed by atoms with Crippen LogP contribution in [0.4, 0.5) is 0 Å². The molecule has 1 unspecified atom stereocenters. The summed E-state index contributed by atoms with van der Waals surface area (Å²) < 4.78 is 5.42. The number of ether oxygens (including phenoxy) is 1. The van der Waals surface area contributed by atoms with Crippen LogP contribution in [0.25, 0.3) is 0 Å². The fourth-order valence-electron chi connectivity index (χ4n) is 2.89. The van der Waals surface area contributed by atoms with Gasteiger partial charge in [0.15, 0.2) is 0 Å². The zero-order chi connectivity index (χ0) is 14.8. The van der Waals surface area contributed by atoms with Crippen LogP contribution in [0, 0.1) is 0 Å². The van der Waals surface area contributed by atoms with Crippen molar-refractivity contribution < 1.29 is 4.74 Å². The molecule has 3 N–H and O–H groups in total. The predicted molar refractivity (Wildman–Crippen MR) is 88.1 cm³/mol. The van der Waals surface area contributed by atoms with Gasteiger partial charge in [0.2, 0.25) is 0 Å². The van der Waals surface area contributed by atoms with Crippen molar-refractivity contribution in [3.8, 4) is 5.75 Å². The standard InChI is InChI=1S/C16H19ClN2OS/c1-20-14-6-5-12(17)7-11(14)8-13(19-18)16-9-10-3-2-4-15(10)21-16/h5-7,9,13,19H,2-4,8,18H2,1H3. The van der Waals surface area contributed by atoms with E-state index in [2.05, 4.69) is 11.5 Å². The number of benzene rings is 1. The predicted octanol–water partition coefficient (Wildman–Crippen LogP) is 3.65. The number of nitrogens with one attached hydrogen (secondary N) is 1. The Morgan fingerprint density at radius 2 is 2.24 bits per heavy atom. The molecule has 1 aromatic heterocycles. The summed E-state index contributed by atoms with van der Waals surface area (Å²) in [6.07, 6.45) is 4.45. The van der Waals surface area contributed by atoms with Gasteiger partial charge in [-0.2, -0.15) is 0 Å². The van der Waals surface area contributed by atoms with Crippen LogP contribution in [0.1, 0.15) is 33.3 Å². The van der Waals surface area contributed by atoms with E-state index in [1.54, 1.807) is 7.11 Å². The molecule has 0 amide bonds. The number of hydrogen-bond donors (Lipinski definition) is 2. The summed E-state index contributed by atoms with van der Waals surface area (Å²) in [5, 5.41) is 0.718. The molecule has 0 saturated carbocycles. The molecule has 0 radical (unpaired) electrons. The third-order valence-electron chi connectivity index (χ3n) is 3.98. The summed E-state index contributed by atoms with van der Waals surface area (Å²) in [6.45, 7) is 0. The molecule has 0 aliphatic heterocycles. The maximum Gasteiger partial charge on any atom is 0.122 e. The second-order valence-electron chi connectivity index (χ2n) is 5.33. The van der Waals surface area contributed by atoms with Crippen molar-refractivity contribution >= 4 is 22.9 Å². The van der Waals surface area contributed by atoms with Gasteiger partial charge in [-0.1, -0.05) is 11.6 Å². The first kappa shape index (κ1) is 14.9. The highest BCUT2D eigenvalue weighted by Crippen LogP contribution is 2.36. The third-order valence-corrected chi connectivity index (χ3v) is 5.56. The minimum atomic E-state index is 0.0907. The van der Waals surface area contributed by atoms with E-state index >= 15 is 0 Å². The summed E-state index contributed by atoms with van der Waals surface area (Å²) >= 11 is 7.98. The monoisotopic (exact) mass is 322 g/mol. The summed E-state index contributed by atoms with van der Waals surface area (Å²) in [5.74, 6) is 6.63. The lowest BCUT2D eigenvalue weighted by atomic mass is 10.0. The Labute approximate surface area is 134 Å². The first-order valence-corrected chi connectivity index (χ1v) is 8.30. The first-order chi connectivity index (χ1) is 10.2. The van der Waals surface area contributed by atoms with Crippen molar-refractivity contribution in [3.63, 3.8) is 0 Å². The number of hydrogen-bond acceptors (Lipinski definition) is 4. The van der Waals surface area contributed by atoms with Gasteiger partial charge in [-0.25, -0.2) is 0 Å². The highest BCUT2D eigenvalue weighted by molar-refractivity contribution is 7.12. The molecule has 1 aromatic carbocycles. The summed E-state index contributed by atoms with van der Waals surface area (Å²) in [6, 6.07) is 8.09. The molecular weight excluding hydrogens is 304 g/mol. The number of halogens is 1. The molecule has 1 aliphatic rings. The molecular formula is C16H19ClN2OS. The normalized spacial score (nSPS) is 15.0. The van der Waals surface area contributed by atoms with Gasteiger partial charge in [0.25, 0.3) is 0 Å². The molecule has 0 saturated heterocycles. The molecule has 3 nitrogen and oxygen atoms in total. The summed E-state index contributed by atoms with van der Waals surface area (Å²) in [5.41, 5.74) is 5.50. The van der Waals surface area contributed by atoms with E-state index in [-0.39, 0.29) is 6.04 Å². The number of nitrogens with two attached hydrogens (primary N) is 1. The first-order valence-electron chi connectivity index (χ1n) is 7.11. The average Bonchev–Trinajstić information content (AvgIpc) is 3.06. The lowest BCUT2D eigenvalue weighted by Gasteiger charge is -2.17. The van der Waals surface area contributed by atoms with Gasteiger partial charge in [0, 0.05) is 14.8 Å². The molecule has 2 aromatic rings. The van der Waals surface area contributed by atoms with Crippen molar-refractivity contribution in [1.29, 1.82) is 0 Å². The Kier molecular flexibility index (Phi) is 4.50. The average molecular weight is 323 g/mol. The molecule has 21 heavy (non-hydrogen) atoms. The number of hydrazine groups is 1. The molecule has 5 heteroatoms. The SMILES string of the molecule is COc1ccc(Cl)cc1CC(NN)c1cc2c(s1)CCC2. The Morgan fingerprint density at radius 1 is 1.38 bits per heavy atom. The Hall–Kier alpha value is -1.07. The van der Waals surface area contributed by atoms with E-state index in [1.807, 2.05) is 29.5 Å². The lowest BCUT2D eigenvalue weighted by Crippen LogP contribution is -2.29. The highest BCUT2D eigenvalue weighted by atomic mass is 35.5. The van der Waals surface area contributed by atoms with E-state index in [9.17, 15) is 0 Å². The molecule has 1 heterocycles. The molecule has 3 rings (SSSR count). The van der Waals surface area contributed by atoms with E-state index < -0.39 is 0 Å². The van der Waals surface area contributed by atoms with E-state index in [0.29, 0.717) is 0 Å². The largest absolute Gasteiger partial charge is 0.496 e. The van der Waals surface area contributed by atoms with Crippen LogP contribution in [0.2, 0.25) is 5.02 Å². The van der Waals surface area contributed by atoms with Crippen molar-refractivity contribution in [2.45, 2.75) is 31.7 Å². The quantitative estimate of drug-likeness (QED) is 0.652.